The molecule has 0 amide bonds. The molecule has 8 heteroatoms. The van der Waals surface area contributed by atoms with Crippen LogP contribution in [0.3, 0.4) is 0 Å². The lowest BCUT2D eigenvalue weighted by Crippen LogP contribution is -2.37. The zero-order valence-electron chi connectivity index (χ0n) is 15.8. The summed E-state index contributed by atoms with van der Waals surface area (Å²) in [4.78, 5) is 8.63. The number of aromatic nitrogens is 2. The fraction of sp³-hybridized carbons (Fsp3) is 0.250. The second kappa shape index (κ2) is 9.75. The van der Waals surface area contributed by atoms with Crippen LogP contribution in [0.4, 0.5) is 0 Å². The van der Waals surface area contributed by atoms with Crippen molar-refractivity contribution in [2.24, 2.45) is 4.99 Å². The zero-order valence-corrected chi connectivity index (χ0v) is 16.5. The number of methoxy groups -OCH3 is 1. The second-order valence-electron chi connectivity index (χ2n) is 5.98. The smallest absolute Gasteiger partial charge is 0.228 e. The highest BCUT2D eigenvalue weighted by Crippen LogP contribution is 2.19. The van der Waals surface area contributed by atoms with Gasteiger partial charge in [0.1, 0.15) is 5.75 Å². The van der Waals surface area contributed by atoms with E-state index in [0.29, 0.717) is 42.2 Å². The van der Waals surface area contributed by atoms with Crippen molar-refractivity contribution in [2.45, 2.75) is 13.0 Å². The Kier molecular flexibility index (Phi) is 6.86. The number of hydrogen-bond donors (Lipinski definition) is 2. The fourth-order valence-electron chi connectivity index (χ4n) is 2.58. The van der Waals surface area contributed by atoms with Crippen molar-refractivity contribution in [3.8, 4) is 17.1 Å². The minimum absolute atomic E-state index is 0.526. The number of hydrogen-bond acceptors (Lipinski definition) is 5. The van der Waals surface area contributed by atoms with Gasteiger partial charge in [0.25, 0.3) is 0 Å². The van der Waals surface area contributed by atoms with Gasteiger partial charge in [0.2, 0.25) is 11.7 Å². The van der Waals surface area contributed by atoms with Gasteiger partial charge in [-0.1, -0.05) is 41.0 Å². The summed E-state index contributed by atoms with van der Waals surface area (Å²) in [7, 11) is 3.38. The maximum absolute atomic E-state index is 6.00. The van der Waals surface area contributed by atoms with E-state index < -0.39 is 0 Å². The number of benzene rings is 2. The lowest BCUT2D eigenvalue weighted by Gasteiger charge is -2.11. The molecule has 3 aromatic rings. The molecule has 0 spiro atoms. The van der Waals surface area contributed by atoms with Crippen LogP contribution in [0, 0.1) is 0 Å². The summed E-state index contributed by atoms with van der Waals surface area (Å²) in [6, 6.07) is 15.2. The highest BCUT2D eigenvalue weighted by Gasteiger charge is 2.09. The van der Waals surface area contributed by atoms with Crippen molar-refractivity contribution in [1.82, 2.24) is 20.8 Å². The van der Waals surface area contributed by atoms with E-state index in [0.717, 1.165) is 16.9 Å². The van der Waals surface area contributed by atoms with Crippen molar-refractivity contribution in [2.75, 3.05) is 20.7 Å². The molecule has 28 heavy (non-hydrogen) atoms. The predicted octanol–water partition coefficient (Wildman–Crippen LogP) is 3.31. The number of nitrogens with one attached hydrogen (secondary N) is 2. The third-order valence-electron chi connectivity index (χ3n) is 4.00. The first-order valence-corrected chi connectivity index (χ1v) is 9.21. The van der Waals surface area contributed by atoms with Gasteiger partial charge in [-0.15, -0.1) is 0 Å². The second-order valence-corrected chi connectivity index (χ2v) is 6.41. The monoisotopic (exact) mass is 399 g/mol. The van der Waals surface area contributed by atoms with Crippen LogP contribution >= 0.6 is 11.6 Å². The fourth-order valence-corrected chi connectivity index (χ4v) is 2.77. The molecule has 0 unspecified atom stereocenters. The van der Waals surface area contributed by atoms with Crippen LogP contribution in [-0.2, 0) is 13.0 Å². The number of rotatable bonds is 7. The minimum atomic E-state index is 0.526. The zero-order chi connectivity index (χ0) is 19.8. The van der Waals surface area contributed by atoms with E-state index in [-0.39, 0.29) is 0 Å². The van der Waals surface area contributed by atoms with E-state index in [4.69, 9.17) is 20.9 Å². The van der Waals surface area contributed by atoms with Crippen molar-refractivity contribution in [3.05, 3.63) is 65.0 Å². The quantitative estimate of drug-likeness (QED) is 0.468. The van der Waals surface area contributed by atoms with Crippen LogP contribution in [0.1, 0.15) is 11.5 Å². The molecule has 7 nitrogen and oxygen atoms in total. The number of ether oxygens (including phenoxy) is 1. The topological polar surface area (TPSA) is 84.6 Å². The van der Waals surface area contributed by atoms with Crippen LogP contribution in [0.25, 0.3) is 11.4 Å². The Morgan fingerprint density at radius 1 is 1.18 bits per heavy atom. The summed E-state index contributed by atoms with van der Waals surface area (Å²) in [5, 5.41) is 11.1. The van der Waals surface area contributed by atoms with Gasteiger partial charge in [0.15, 0.2) is 5.96 Å². The molecule has 0 atom stereocenters. The maximum Gasteiger partial charge on any atom is 0.228 e. The third kappa shape index (κ3) is 5.47. The Balaban J connectivity index is 1.48. The van der Waals surface area contributed by atoms with E-state index in [1.54, 1.807) is 26.3 Å². The van der Waals surface area contributed by atoms with Gasteiger partial charge >= 0.3 is 0 Å². The van der Waals surface area contributed by atoms with Crippen molar-refractivity contribution in [3.63, 3.8) is 0 Å². The molecule has 1 aromatic heterocycles. The van der Waals surface area contributed by atoms with Gasteiger partial charge in [-0.3, -0.25) is 4.99 Å². The minimum Gasteiger partial charge on any atom is -0.497 e. The Bertz CT molecular complexity index is 942. The molecule has 0 aliphatic rings. The summed E-state index contributed by atoms with van der Waals surface area (Å²) in [6.07, 6.45) is 0.577. The molecule has 0 bridgehead atoms. The van der Waals surface area contributed by atoms with Crippen molar-refractivity contribution in [1.29, 1.82) is 0 Å². The molecule has 146 valence electrons. The molecule has 0 saturated heterocycles. The molecule has 0 fully saturated rings. The first kappa shape index (κ1) is 19.7. The molecule has 0 saturated carbocycles. The van der Waals surface area contributed by atoms with Gasteiger partial charge in [0, 0.05) is 37.1 Å². The van der Waals surface area contributed by atoms with Crippen LogP contribution in [0.15, 0.2) is 58.0 Å². The van der Waals surface area contributed by atoms with Gasteiger partial charge in [-0.05, 0) is 29.8 Å². The molecule has 1 heterocycles. The molecule has 0 radical (unpaired) electrons. The van der Waals surface area contributed by atoms with E-state index in [1.807, 2.05) is 36.4 Å². The average Bonchev–Trinajstić information content (AvgIpc) is 3.19. The number of aliphatic imine (C=N–C) groups is 1. The molecule has 2 N–H and O–H groups in total. The van der Waals surface area contributed by atoms with Crippen molar-refractivity contribution >= 4 is 17.6 Å². The number of guanidine groups is 1. The van der Waals surface area contributed by atoms with Gasteiger partial charge < -0.3 is 19.9 Å². The molecular weight excluding hydrogens is 378 g/mol. The maximum atomic E-state index is 6.00. The van der Waals surface area contributed by atoms with Gasteiger partial charge in [-0.25, -0.2) is 0 Å². The summed E-state index contributed by atoms with van der Waals surface area (Å²) in [5.74, 6) is 2.59. The predicted molar refractivity (Wildman–Crippen MR) is 110 cm³/mol. The highest BCUT2D eigenvalue weighted by atomic mass is 35.5. The van der Waals surface area contributed by atoms with Crippen LogP contribution in [-0.4, -0.2) is 36.8 Å². The molecule has 2 aromatic carbocycles. The lowest BCUT2D eigenvalue weighted by molar-refractivity contribution is 0.378. The first-order valence-electron chi connectivity index (χ1n) is 8.84. The highest BCUT2D eigenvalue weighted by molar-refractivity contribution is 6.30. The Morgan fingerprint density at radius 2 is 2.04 bits per heavy atom. The van der Waals surface area contributed by atoms with E-state index in [2.05, 4.69) is 25.8 Å². The summed E-state index contributed by atoms with van der Waals surface area (Å²) >= 11 is 6.00. The molecule has 3 rings (SSSR count). The van der Waals surface area contributed by atoms with Crippen LogP contribution in [0.5, 0.6) is 5.75 Å². The van der Waals surface area contributed by atoms with Gasteiger partial charge in [0.05, 0.1) is 7.11 Å². The van der Waals surface area contributed by atoms with E-state index >= 15 is 0 Å². The SMILES string of the molecule is CN=C(NCCc1nc(-c2cccc(Cl)c2)no1)NCc1cccc(OC)c1. The Hall–Kier alpha value is -3.06. The number of nitrogens with zero attached hydrogens (tertiary/aromatic N) is 3. The molecule has 0 aliphatic carbocycles. The first-order chi connectivity index (χ1) is 13.7. The summed E-state index contributed by atoms with van der Waals surface area (Å²) in [6.45, 7) is 1.24. The van der Waals surface area contributed by atoms with Crippen molar-refractivity contribution < 1.29 is 9.26 Å². The Labute approximate surface area is 168 Å². The normalized spacial score (nSPS) is 11.3. The lowest BCUT2D eigenvalue weighted by atomic mass is 10.2. The summed E-state index contributed by atoms with van der Waals surface area (Å²) in [5.41, 5.74) is 1.93. The van der Waals surface area contributed by atoms with E-state index in [1.165, 1.54) is 0 Å². The third-order valence-corrected chi connectivity index (χ3v) is 4.24. The van der Waals surface area contributed by atoms with E-state index in [9.17, 15) is 0 Å². The van der Waals surface area contributed by atoms with Crippen LogP contribution < -0.4 is 15.4 Å². The largest absolute Gasteiger partial charge is 0.497 e. The standard InChI is InChI=1S/C20H22ClN5O2/c1-22-20(24-13-14-5-3-8-17(11-14)27-2)23-10-9-18-25-19(26-28-18)15-6-4-7-16(21)12-15/h3-8,11-12H,9-10,13H2,1-2H3,(H2,22,23,24). The molecular formula is C20H22ClN5O2. The molecule has 0 aliphatic heterocycles. The average molecular weight is 400 g/mol. The Morgan fingerprint density at radius 3 is 2.82 bits per heavy atom. The number of halogens is 1. The van der Waals surface area contributed by atoms with Gasteiger partial charge in [-0.2, -0.15) is 4.98 Å². The summed E-state index contributed by atoms with van der Waals surface area (Å²) < 4.78 is 10.5. The van der Waals surface area contributed by atoms with Crippen LogP contribution in [0.2, 0.25) is 5.02 Å².